The average Bonchev–Trinajstić information content (AvgIpc) is 3.05. The molecule has 1 aromatic carbocycles. The third kappa shape index (κ3) is 5.11. The Morgan fingerprint density at radius 1 is 1.00 bits per heavy atom. The van der Waals surface area contributed by atoms with Gasteiger partial charge in [-0.2, -0.15) is 0 Å². The fraction of sp³-hybridized carbons (Fsp3) is 0.679. The zero-order valence-corrected chi connectivity index (χ0v) is 21.3. The van der Waals surface area contributed by atoms with E-state index in [4.69, 9.17) is 0 Å². The van der Waals surface area contributed by atoms with Gasteiger partial charge in [0.25, 0.3) is 5.91 Å². The number of nitrogens with zero attached hydrogens (tertiary/aromatic N) is 4. The molecule has 2 aromatic rings. The monoisotopic (exact) mass is 479 g/mol. The van der Waals surface area contributed by atoms with E-state index >= 15 is 0 Å². The molecule has 0 spiro atoms. The molecule has 7 heteroatoms. The molecule has 2 amide bonds. The number of fused-ring (bicyclic) bond motifs is 3. The minimum atomic E-state index is -0.932. The maximum atomic E-state index is 13.9. The lowest BCUT2D eigenvalue weighted by Crippen LogP contribution is -2.65. The standard InChI is InChI=1S/C28H41N5O2/c1-28(27(35)29-22-13-6-2-3-7-14-22)21-32-24-16-9-8-15-23(24)30-25(32)26(34)33(28)20-12-19-31-17-10-4-5-11-18-31/h8-9,15-16,22H,2-7,10-14,17-21H2,1H3,(H,29,35). The summed E-state index contributed by atoms with van der Waals surface area (Å²) in [5.74, 6) is 0.318. The van der Waals surface area contributed by atoms with Gasteiger partial charge in [0.2, 0.25) is 5.91 Å². The first-order valence-electron chi connectivity index (χ1n) is 13.9. The van der Waals surface area contributed by atoms with Crippen molar-refractivity contribution >= 4 is 22.8 Å². The van der Waals surface area contributed by atoms with Crippen molar-refractivity contribution in [3.8, 4) is 0 Å². The molecule has 1 aromatic heterocycles. The summed E-state index contributed by atoms with van der Waals surface area (Å²) in [7, 11) is 0. The minimum Gasteiger partial charge on any atom is -0.351 e. The molecule has 1 N–H and O–H groups in total. The number of imidazole rings is 1. The van der Waals surface area contributed by atoms with E-state index in [0.29, 0.717) is 18.9 Å². The summed E-state index contributed by atoms with van der Waals surface area (Å²) in [5, 5.41) is 3.36. The topological polar surface area (TPSA) is 70.5 Å². The summed E-state index contributed by atoms with van der Waals surface area (Å²) in [6.07, 6.45) is 12.9. The van der Waals surface area contributed by atoms with Gasteiger partial charge in [0.05, 0.1) is 17.6 Å². The van der Waals surface area contributed by atoms with E-state index in [9.17, 15) is 9.59 Å². The molecule has 1 atom stereocenters. The van der Waals surface area contributed by atoms with E-state index in [1.54, 1.807) is 0 Å². The summed E-state index contributed by atoms with van der Waals surface area (Å²) < 4.78 is 1.97. The number of benzene rings is 1. The second-order valence-corrected chi connectivity index (χ2v) is 11.0. The molecule has 3 heterocycles. The second-order valence-electron chi connectivity index (χ2n) is 11.0. The third-order valence-electron chi connectivity index (χ3n) is 8.39. The highest BCUT2D eigenvalue weighted by atomic mass is 16.2. The first kappa shape index (κ1) is 24.3. The Bertz CT molecular complexity index is 1030. The number of hydrogen-bond donors (Lipinski definition) is 1. The van der Waals surface area contributed by atoms with Crippen molar-refractivity contribution in [3.05, 3.63) is 30.1 Å². The summed E-state index contributed by atoms with van der Waals surface area (Å²) in [5.41, 5.74) is 0.806. The number of aromatic nitrogens is 2. The van der Waals surface area contributed by atoms with Crippen LogP contribution >= 0.6 is 0 Å². The zero-order valence-electron chi connectivity index (χ0n) is 21.3. The number of rotatable bonds is 6. The molecule has 0 radical (unpaired) electrons. The van der Waals surface area contributed by atoms with Gasteiger partial charge in [0.15, 0.2) is 5.82 Å². The van der Waals surface area contributed by atoms with E-state index in [2.05, 4.69) is 15.2 Å². The summed E-state index contributed by atoms with van der Waals surface area (Å²) in [4.78, 5) is 36.8. The van der Waals surface area contributed by atoms with Crippen LogP contribution in [0, 0.1) is 0 Å². The van der Waals surface area contributed by atoms with Crippen molar-refractivity contribution in [2.75, 3.05) is 26.2 Å². The van der Waals surface area contributed by atoms with Gasteiger partial charge in [-0.3, -0.25) is 9.59 Å². The molecule has 190 valence electrons. The molecule has 2 fully saturated rings. The maximum absolute atomic E-state index is 13.9. The van der Waals surface area contributed by atoms with Crippen LogP contribution in [-0.2, 0) is 11.3 Å². The number of amides is 2. The van der Waals surface area contributed by atoms with Crippen LogP contribution in [0.25, 0.3) is 11.0 Å². The van der Waals surface area contributed by atoms with Gasteiger partial charge >= 0.3 is 0 Å². The van der Waals surface area contributed by atoms with E-state index in [1.807, 2.05) is 40.7 Å². The Morgan fingerprint density at radius 3 is 2.43 bits per heavy atom. The quantitative estimate of drug-likeness (QED) is 0.625. The molecule has 1 saturated heterocycles. The summed E-state index contributed by atoms with van der Waals surface area (Å²) >= 11 is 0. The minimum absolute atomic E-state index is 0.0176. The first-order valence-corrected chi connectivity index (χ1v) is 13.9. The van der Waals surface area contributed by atoms with Crippen molar-refractivity contribution in [2.45, 2.75) is 95.7 Å². The number of likely N-dealkylation sites (tertiary alicyclic amines) is 1. The Morgan fingerprint density at radius 2 is 1.69 bits per heavy atom. The molecule has 3 aliphatic rings. The van der Waals surface area contributed by atoms with Crippen LogP contribution in [0.1, 0.15) is 88.2 Å². The van der Waals surface area contributed by atoms with Crippen LogP contribution < -0.4 is 5.32 Å². The Kier molecular flexibility index (Phi) is 7.42. The number of nitrogens with one attached hydrogen (secondary N) is 1. The van der Waals surface area contributed by atoms with Gasteiger partial charge < -0.3 is 19.7 Å². The van der Waals surface area contributed by atoms with Crippen molar-refractivity contribution in [1.82, 2.24) is 24.7 Å². The van der Waals surface area contributed by atoms with Gasteiger partial charge in [-0.1, -0.05) is 50.7 Å². The van der Waals surface area contributed by atoms with Gasteiger partial charge in [0, 0.05) is 12.6 Å². The van der Waals surface area contributed by atoms with Crippen molar-refractivity contribution in [3.63, 3.8) is 0 Å². The highest BCUT2D eigenvalue weighted by Crippen LogP contribution is 2.31. The number of para-hydroxylation sites is 2. The average molecular weight is 480 g/mol. The molecule has 7 nitrogen and oxygen atoms in total. The number of carbonyl (C=O) groups is 2. The van der Waals surface area contributed by atoms with Crippen LogP contribution in [0.4, 0.5) is 0 Å². The Balaban J connectivity index is 1.39. The van der Waals surface area contributed by atoms with Crippen molar-refractivity contribution < 1.29 is 9.59 Å². The highest BCUT2D eigenvalue weighted by Gasteiger charge is 2.48. The molecule has 1 aliphatic carbocycles. The largest absolute Gasteiger partial charge is 0.351 e. The molecular weight excluding hydrogens is 438 g/mol. The van der Waals surface area contributed by atoms with Crippen molar-refractivity contribution in [2.24, 2.45) is 0 Å². The van der Waals surface area contributed by atoms with E-state index in [0.717, 1.165) is 62.8 Å². The predicted octanol–water partition coefficient (Wildman–Crippen LogP) is 4.36. The van der Waals surface area contributed by atoms with Crippen LogP contribution in [0.5, 0.6) is 0 Å². The summed E-state index contributed by atoms with van der Waals surface area (Å²) in [6, 6.07) is 8.07. The predicted molar refractivity (Wildman–Crippen MR) is 138 cm³/mol. The fourth-order valence-electron chi connectivity index (χ4n) is 6.26. The second kappa shape index (κ2) is 10.7. The Hall–Kier alpha value is -2.41. The van der Waals surface area contributed by atoms with Crippen LogP contribution in [-0.4, -0.2) is 68.9 Å². The maximum Gasteiger partial charge on any atom is 0.290 e. The highest BCUT2D eigenvalue weighted by molar-refractivity contribution is 6.01. The molecule has 1 unspecified atom stereocenters. The van der Waals surface area contributed by atoms with E-state index in [1.165, 1.54) is 38.5 Å². The molecule has 0 bridgehead atoms. The molecule has 1 saturated carbocycles. The van der Waals surface area contributed by atoms with Gasteiger partial charge in [0.1, 0.15) is 5.54 Å². The fourth-order valence-corrected chi connectivity index (χ4v) is 6.26. The van der Waals surface area contributed by atoms with Gasteiger partial charge in [-0.25, -0.2) is 4.98 Å². The Labute approximate surface area is 209 Å². The van der Waals surface area contributed by atoms with E-state index < -0.39 is 5.54 Å². The molecule has 5 rings (SSSR count). The molecular formula is C28H41N5O2. The zero-order chi connectivity index (χ0) is 24.3. The number of carbonyl (C=O) groups excluding carboxylic acids is 2. The van der Waals surface area contributed by atoms with Crippen LogP contribution in [0.15, 0.2) is 24.3 Å². The number of hydrogen-bond acceptors (Lipinski definition) is 4. The van der Waals surface area contributed by atoms with E-state index in [-0.39, 0.29) is 17.9 Å². The summed E-state index contributed by atoms with van der Waals surface area (Å²) in [6.45, 7) is 6.23. The lowest BCUT2D eigenvalue weighted by atomic mass is 9.93. The smallest absolute Gasteiger partial charge is 0.290 e. The molecule has 35 heavy (non-hydrogen) atoms. The normalized spacial score (nSPS) is 24.7. The van der Waals surface area contributed by atoms with Gasteiger partial charge in [-0.05, 0) is 70.8 Å². The first-order chi connectivity index (χ1) is 17.1. The SMILES string of the molecule is CC1(C(=O)NC2CCCCCC2)Cn2c(nc3ccccc32)C(=O)N1CCCN1CCCCCC1. The third-order valence-corrected chi connectivity index (χ3v) is 8.39. The van der Waals surface area contributed by atoms with Crippen LogP contribution in [0.2, 0.25) is 0 Å². The molecule has 2 aliphatic heterocycles. The van der Waals surface area contributed by atoms with Crippen molar-refractivity contribution in [1.29, 1.82) is 0 Å². The van der Waals surface area contributed by atoms with Gasteiger partial charge in [-0.15, -0.1) is 0 Å². The lowest BCUT2D eigenvalue weighted by Gasteiger charge is -2.44. The van der Waals surface area contributed by atoms with Crippen LogP contribution in [0.3, 0.4) is 0 Å². The lowest BCUT2D eigenvalue weighted by molar-refractivity contribution is -0.133.